The minimum atomic E-state index is -0.425. The highest BCUT2D eigenvalue weighted by molar-refractivity contribution is 5.73. The van der Waals surface area contributed by atoms with Crippen LogP contribution < -0.4 is 5.73 Å². The number of benzene rings is 1. The molecule has 1 rings (SSSR count). The van der Waals surface area contributed by atoms with Gasteiger partial charge in [-0.3, -0.25) is 4.79 Å². The lowest BCUT2D eigenvalue weighted by molar-refractivity contribution is -0.153. The Morgan fingerprint density at radius 3 is 2.17 bits per heavy atom. The molecule has 0 spiro atoms. The van der Waals surface area contributed by atoms with Gasteiger partial charge in [-0.15, -0.1) is 0 Å². The van der Waals surface area contributed by atoms with Crippen LogP contribution in [0.15, 0.2) is 24.3 Å². The molecular formula is C15H23NO2. The normalized spacial score (nSPS) is 13.2. The largest absolute Gasteiger partial charge is 0.460 e. The summed E-state index contributed by atoms with van der Waals surface area (Å²) < 4.78 is 5.28. The molecule has 0 aliphatic rings. The maximum Gasteiger partial charge on any atom is 0.310 e. The van der Waals surface area contributed by atoms with Gasteiger partial charge in [-0.2, -0.15) is 0 Å². The zero-order valence-electron chi connectivity index (χ0n) is 11.7. The molecule has 0 unspecified atom stereocenters. The van der Waals surface area contributed by atoms with Gasteiger partial charge in [0.25, 0.3) is 0 Å². The lowest BCUT2D eigenvalue weighted by Crippen LogP contribution is -2.24. The first kappa shape index (κ1) is 14.7. The van der Waals surface area contributed by atoms with Crippen molar-refractivity contribution in [2.75, 3.05) is 0 Å². The lowest BCUT2D eigenvalue weighted by atomic mass is 10.0. The summed E-state index contributed by atoms with van der Waals surface area (Å²) in [7, 11) is 0. The van der Waals surface area contributed by atoms with Crippen LogP contribution in [-0.4, -0.2) is 17.6 Å². The molecule has 100 valence electrons. The second-order valence-electron chi connectivity index (χ2n) is 5.76. The fraction of sp³-hybridized carbons (Fsp3) is 0.533. The van der Waals surface area contributed by atoms with Crippen molar-refractivity contribution in [3.8, 4) is 0 Å². The number of rotatable bonds is 4. The molecule has 1 aromatic carbocycles. The molecule has 0 radical (unpaired) electrons. The van der Waals surface area contributed by atoms with Crippen molar-refractivity contribution in [3.63, 3.8) is 0 Å². The molecule has 0 amide bonds. The molecular weight excluding hydrogens is 226 g/mol. The maximum absolute atomic E-state index is 11.6. The number of carbonyl (C=O) groups excluding carboxylic acids is 1. The van der Waals surface area contributed by atoms with E-state index in [0.29, 0.717) is 6.42 Å². The van der Waals surface area contributed by atoms with E-state index in [-0.39, 0.29) is 12.0 Å². The third kappa shape index (κ3) is 5.82. The molecule has 0 fully saturated rings. The summed E-state index contributed by atoms with van der Waals surface area (Å²) >= 11 is 0. The maximum atomic E-state index is 11.6. The van der Waals surface area contributed by atoms with Gasteiger partial charge < -0.3 is 10.5 Å². The Morgan fingerprint density at radius 2 is 1.72 bits per heavy atom. The van der Waals surface area contributed by atoms with Crippen LogP contribution in [0.1, 0.15) is 38.8 Å². The molecule has 1 aromatic rings. The summed E-state index contributed by atoms with van der Waals surface area (Å²) in [6.07, 6.45) is 1.17. The third-order valence-corrected chi connectivity index (χ3v) is 2.35. The summed E-state index contributed by atoms with van der Waals surface area (Å²) in [4.78, 5) is 11.6. The molecule has 0 aliphatic carbocycles. The molecule has 18 heavy (non-hydrogen) atoms. The second kappa shape index (κ2) is 6.01. The first-order valence-electron chi connectivity index (χ1n) is 6.31. The molecule has 0 saturated heterocycles. The molecule has 1 atom stereocenters. The number of hydrogen-bond donors (Lipinski definition) is 1. The van der Waals surface area contributed by atoms with E-state index in [0.717, 1.165) is 12.0 Å². The van der Waals surface area contributed by atoms with Crippen molar-refractivity contribution < 1.29 is 9.53 Å². The van der Waals surface area contributed by atoms with Crippen LogP contribution in [0.5, 0.6) is 0 Å². The van der Waals surface area contributed by atoms with E-state index in [4.69, 9.17) is 10.5 Å². The number of esters is 1. The van der Waals surface area contributed by atoms with Gasteiger partial charge in [-0.25, -0.2) is 0 Å². The van der Waals surface area contributed by atoms with E-state index in [1.165, 1.54) is 5.56 Å². The Balaban J connectivity index is 2.56. The van der Waals surface area contributed by atoms with Crippen LogP contribution in [0.3, 0.4) is 0 Å². The fourth-order valence-corrected chi connectivity index (χ4v) is 1.71. The van der Waals surface area contributed by atoms with Crippen LogP contribution in [0.2, 0.25) is 0 Å². The predicted molar refractivity (Wildman–Crippen MR) is 73.3 cm³/mol. The molecule has 2 N–H and O–H groups in total. The Labute approximate surface area is 109 Å². The molecule has 0 aromatic heterocycles. The van der Waals surface area contributed by atoms with Crippen LogP contribution in [-0.2, 0) is 22.4 Å². The van der Waals surface area contributed by atoms with E-state index in [1.54, 1.807) is 0 Å². The fourth-order valence-electron chi connectivity index (χ4n) is 1.71. The highest BCUT2D eigenvalue weighted by Gasteiger charge is 2.16. The number of ether oxygens (including phenoxy) is 1. The van der Waals surface area contributed by atoms with Gasteiger partial charge in [-0.1, -0.05) is 24.3 Å². The zero-order valence-corrected chi connectivity index (χ0v) is 11.7. The Bertz CT molecular complexity index is 388. The van der Waals surface area contributed by atoms with Crippen molar-refractivity contribution in [1.82, 2.24) is 0 Å². The highest BCUT2D eigenvalue weighted by atomic mass is 16.6. The molecule has 0 aliphatic heterocycles. The highest BCUT2D eigenvalue weighted by Crippen LogP contribution is 2.11. The van der Waals surface area contributed by atoms with Gasteiger partial charge in [-0.05, 0) is 45.2 Å². The summed E-state index contributed by atoms with van der Waals surface area (Å²) in [6.45, 7) is 7.60. The van der Waals surface area contributed by atoms with Gasteiger partial charge in [0, 0.05) is 6.04 Å². The summed E-state index contributed by atoms with van der Waals surface area (Å²) in [5.74, 6) is -0.192. The van der Waals surface area contributed by atoms with E-state index >= 15 is 0 Å². The van der Waals surface area contributed by atoms with E-state index in [2.05, 4.69) is 0 Å². The first-order chi connectivity index (χ1) is 8.26. The molecule has 3 nitrogen and oxygen atoms in total. The monoisotopic (exact) mass is 249 g/mol. The average molecular weight is 249 g/mol. The Morgan fingerprint density at radius 1 is 1.22 bits per heavy atom. The number of hydrogen-bond acceptors (Lipinski definition) is 3. The van der Waals surface area contributed by atoms with Gasteiger partial charge in [0.1, 0.15) is 5.60 Å². The van der Waals surface area contributed by atoms with E-state index in [1.807, 2.05) is 52.0 Å². The van der Waals surface area contributed by atoms with Crippen molar-refractivity contribution in [2.24, 2.45) is 5.73 Å². The van der Waals surface area contributed by atoms with Crippen molar-refractivity contribution in [1.29, 1.82) is 0 Å². The van der Waals surface area contributed by atoms with Gasteiger partial charge >= 0.3 is 5.97 Å². The topological polar surface area (TPSA) is 52.3 Å². The minimum Gasteiger partial charge on any atom is -0.460 e. The Hall–Kier alpha value is -1.35. The predicted octanol–water partition coefficient (Wildman–Crippen LogP) is 2.46. The molecule has 3 heteroatoms. The van der Waals surface area contributed by atoms with Crippen molar-refractivity contribution in [3.05, 3.63) is 35.4 Å². The quantitative estimate of drug-likeness (QED) is 0.834. The third-order valence-electron chi connectivity index (χ3n) is 2.35. The van der Waals surface area contributed by atoms with Crippen LogP contribution in [0, 0.1) is 0 Å². The minimum absolute atomic E-state index is 0.154. The van der Waals surface area contributed by atoms with Gasteiger partial charge in [0.2, 0.25) is 0 Å². The molecule has 0 heterocycles. The number of nitrogens with two attached hydrogens (primary N) is 1. The smallest absolute Gasteiger partial charge is 0.310 e. The van der Waals surface area contributed by atoms with Crippen molar-refractivity contribution >= 4 is 5.97 Å². The van der Waals surface area contributed by atoms with Crippen molar-refractivity contribution in [2.45, 2.75) is 52.2 Å². The van der Waals surface area contributed by atoms with Gasteiger partial charge in [0.05, 0.1) is 6.42 Å². The molecule has 0 bridgehead atoms. The van der Waals surface area contributed by atoms with Crippen LogP contribution in [0.4, 0.5) is 0 Å². The van der Waals surface area contributed by atoms with Crippen LogP contribution >= 0.6 is 0 Å². The summed E-state index contributed by atoms with van der Waals surface area (Å²) in [5.41, 5.74) is 7.48. The van der Waals surface area contributed by atoms with E-state index in [9.17, 15) is 4.79 Å². The average Bonchev–Trinajstić information content (AvgIpc) is 2.17. The molecule has 0 saturated carbocycles. The first-order valence-corrected chi connectivity index (χ1v) is 6.31. The summed E-state index contributed by atoms with van der Waals surface area (Å²) in [6, 6.07) is 8.11. The lowest BCUT2D eigenvalue weighted by Gasteiger charge is -2.19. The zero-order chi connectivity index (χ0) is 13.8. The summed E-state index contributed by atoms with van der Waals surface area (Å²) in [5, 5.41) is 0. The second-order valence-corrected chi connectivity index (χ2v) is 5.76. The number of carbonyl (C=O) groups is 1. The SMILES string of the molecule is C[C@H](N)Cc1ccc(CC(=O)OC(C)(C)C)cc1. The Kier molecular flexibility index (Phi) is 4.91. The van der Waals surface area contributed by atoms with E-state index < -0.39 is 5.60 Å². The standard InChI is InChI=1S/C15H23NO2/c1-11(16)9-12-5-7-13(8-6-12)10-14(17)18-15(2,3)4/h5-8,11H,9-10,16H2,1-4H3/t11-/m0/s1. The van der Waals surface area contributed by atoms with Gasteiger partial charge in [0.15, 0.2) is 0 Å². The van der Waals surface area contributed by atoms with Crippen LogP contribution in [0.25, 0.3) is 0 Å².